The molecule has 2 aromatic carbocycles. The van der Waals surface area contributed by atoms with Crippen LogP contribution >= 0.6 is 0 Å². The minimum Gasteiger partial charge on any atom is -0.355 e. The first kappa shape index (κ1) is 18.2. The third-order valence-electron chi connectivity index (χ3n) is 3.97. The van der Waals surface area contributed by atoms with Crippen molar-refractivity contribution in [2.75, 3.05) is 11.9 Å². The molecule has 128 valence electrons. The lowest BCUT2D eigenvalue weighted by Crippen LogP contribution is -2.45. The Morgan fingerprint density at radius 3 is 2.32 bits per heavy atom. The molecule has 0 bridgehead atoms. The highest BCUT2D eigenvalue weighted by molar-refractivity contribution is 6.10. The highest BCUT2D eigenvalue weighted by Gasteiger charge is 2.36. The van der Waals surface area contributed by atoms with Gasteiger partial charge in [0.05, 0.1) is 11.3 Å². The lowest BCUT2D eigenvalue weighted by Gasteiger charge is -2.23. The zero-order valence-electron chi connectivity index (χ0n) is 14.4. The summed E-state index contributed by atoms with van der Waals surface area (Å²) in [6.45, 7) is 3.58. The maximum absolute atomic E-state index is 12.5. The summed E-state index contributed by atoms with van der Waals surface area (Å²) in [6, 6.07) is 18.5. The van der Waals surface area contributed by atoms with Crippen LogP contribution in [0.3, 0.4) is 0 Å². The lowest BCUT2D eigenvalue weighted by molar-refractivity contribution is -0.138. The van der Waals surface area contributed by atoms with Crippen molar-refractivity contribution in [3.05, 3.63) is 65.7 Å². The molecule has 5 heteroatoms. The first-order valence-electron chi connectivity index (χ1n) is 8.08. The van der Waals surface area contributed by atoms with Gasteiger partial charge in [-0.15, -0.1) is 0 Å². The van der Waals surface area contributed by atoms with E-state index in [2.05, 4.69) is 10.6 Å². The molecule has 0 aromatic heterocycles. The van der Waals surface area contributed by atoms with Crippen LogP contribution in [0.25, 0.3) is 0 Å². The molecule has 0 fully saturated rings. The Morgan fingerprint density at radius 1 is 1.00 bits per heavy atom. The van der Waals surface area contributed by atoms with Crippen molar-refractivity contribution in [1.82, 2.24) is 5.32 Å². The van der Waals surface area contributed by atoms with E-state index in [4.69, 9.17) is 5.26 Å². The summed E-state index contributed by atoms with van der Waals surface area (Å²) in [5.74, 6) is -0.803. The number of para-hydroxylation sites is 1. The molecule has 0 aliphatic carbocycles. The van der Waals surface area contributed by atoms with E-state index in [0.717, 1.165) is 5.56 Å². The van der Waals surface area contributed by atoms with Gasteiger partial charge in [0.15, 0.2) is 0 Å². The van der Waals surface area contributed by atoms with Gasteiger partial charge in [0.25, 0.3) is 0 Å². The van der Waals surface area contributed by atoms with Gasteiger partial charge in [-0.1, -0.05) is 42.5 Å². The Hall–Kier alpha value is -3.13. The van der Waals surface area contributed by atoms with Gasteiger partial charge < -0.3 is 10.6 Å². The maximum Gasteiger partial charge on any atom is 0.239 e. The number of nitriles is 1. The summed E-state index contributed by atoms with van der Waals surface area (Å²) in [5, 5.41) is 14.6. The number of benzene rings is 2. The monoisotopic (exact) mass is 335 g/mol. The molecule has 0 heterocycles. The van der Waals surface area contributed by atoms with Crippen LogP contribution in [0.15, 0.2) is 54.6 Å². The third kappa shape index (κ3) is 4.67. The average molecular weight is 335 g/mol. The van der Waals surface area contributed by atoms with Crippen LogP contribution in [-0.4, -0.2) is 18.4 Å². The van der Waals surface area contributed by atoms with E-state index in [1.165, 1.54) is 0 Å². The first-order valence-corrected chi connectivity index (χ1v) is 8.08. The molecule has 0 unspecified atom stereocenters. The van der Waals surface area contributed by atoms with Crippen LogP contribution in [-0.2, 0) is 16.0 Å². The van der Waals surface area contributed by atoms with Gasteiger partial charge in [-0.05, 0) is 38.0 Å². The molecule has 2 rings (SSSR count). The third-order valence-corrected chi connectivity index (χ3v) is 3.97. The molecule has 0 spiro atoms. The standard InChI is InChI=1S/C20H21N3O2/c1-20(2,18(24)22-13-12-15-8-4-3-5-9-15)19(25)23-17-11-7-6-10-16(17)14-21/h3-11H,12-13H2,1-2H3,(H,22,24)(H,23,25). The van der Waals surface area contributed by atoms with E-state index >= 15 is 0 Å². The van der Waals surface area contributed by atoms with E-state index in [1.54, 1.807) is 38.1 Å². The van der Waals surface area contributed by atoms with Crippen molar-refractivity contribution in [1.29, 1.82) is 5.26 Å². The Morgan fingerprint density at radius 2 is 1.64 bits per heavy atom. The Labute approximate surface area is 147 Å². The summed E-state index contributed by atoms with van der Waals surface area (Å²) >= 11 is 0. The summed E-state index contributed by atoms with van der Waals surface area (Å²) in [7, 11) is 0. The van der Waals surface area contributed by atoms with Crippen molar-refractivity contribution in [3.63, 3.8) is 0 Å². The minimum absolute atomic E-state index is 0.352. The van der Waals surface area contributed by atoms with Crippen molar-refractivity contribution in [2.24, 2.45) is 5.41 Å². The van der Waals surface area contributed by atoms with E-state index in [1.807, 2.05) is 36.4 Å². The number of hydrogen-bond donors (Lipinski definition) is 2. The number of rotatable bonds is 6. The smallest absolute Gasteiger partial charge is 0.239 e. The molecule has 0 saturated heterocycles. The van der Waals surface area contributed by atoms with Crippen LogP contribution in [0.2, 0.25) is 0 Å². The molecule has 2 amide bonds. The zero-order valence-corrected chi connectivity index (χ0v) is 14.4. The van der Waals surface area contributed by atoms with Crippen molar-refractivity contribution in [3.8, 4) is 6.07 Å². The molecule has 0 radical (unpaired) electrons. The lowest BCUT2D eigenvalue weighted by atomic mass is 9.90. The number of carbonyl (C=O) groups is 2. The fourth-order valence-electron chi connectivity index (χ4n) is 2.26. The van der Waals surface area contributed by atoms with Crippen molar-refractivity contribution in [2.45, 2.75) is 20.3 Å². The summed E-state index contributed by atoms with van der Waals surface area (Å²) in [5.41, 5.74) is 0.628. The summed E-state index contributed by atoms with van der Waals surface area (Å²) < 4.78 is 0. The number of nitrogens with one attached hydrogen (secondary N) is 2. The molecule has 0 atom stereocenters. The highest BCUT2D eigenvalue weighted by Crippen LogP contribution is 2.21. The van der Waals surface area contributed by atoms with Crippen LogP contribution in [0.1, 0.15) is 25.0 Å². The van der Waals surface area contributed by atoms with Crippen molar-refractivity contribution >= 4 is 17.5 Å². The SMILES string of the molecule is CC(C)(C(=O)NCCc1ccccc1)C(=O)Nc1ccccc1C#N. The Kier molecular flexibility index (Phi) is 5.91. The maximum atomic E-state index is 12.5. The fraction of sp³-hybridized carbons (Fsp3) is 0.250. The number of nitrogens with zero attached hydrogens (tertiary/aromatic N) is 1. The van der Waals surface area contributed by atoms with Gasteiger partial charge in [-0.25, -0.2) is 0 Å². The number of hydrogen-bond acceptors (Lipinski definition) is 3. The van der Waals surface area contributed by atoms with Gasteiger partial charge in [-0.2, -0.15) is 5.26 Å². The first-order chi connectivity index (χ1) is 11.9. The molecule has 0 saturated carbocycles. The normalized spacial score (nSPS) is 10.6. The van der Waals surface area contributed by atoms with E-state index in [9.17, 15) is 9.59 Å². The van der Waals surface area contributed by atoms with Gasteiger partial charge >= 0.3 is 0 Å². The van der Waals surface area contributed by atoms with Gasteiger partial charge in [0.1, 0.15) is 11.5 Å². The summed E-state index contributed by atoms with van der Waals surface area (Å²) in [6.07, 6.45) is 0.696. The molecule has 2 N–H and O–H groups in total. The number of anilines is 1. The van der Waals surface area contributed by atoms with Crippen LogP contribution in [0.5, 0.6) is 0 Å². The molecule has 25 heavy (non-hydrogen) atoms. The van der Waals surface area contributed by atoms with E-state index in [0.29, 0.717) is 24.2 Å². The largest absolute Gasteiger partial charge is 0.355 e. The molecule has 5 nitrogen and oxygen atoms in total. The molecule has 0 aliphatic rings. The Bertz CT molecular complexity index is 792. The second-order valence-electron chi connectivity index (χ2n) is 6.23. The average Bonchev–Trinajstić information content (AvgIpc) is 2.62. The van der Waals surface area contributed by atoms with Crippen LogP contribution in [0, 0.1) is 16.7 Å². The van der Waals surface area contributed by atoms with Gasteiger partial charge in [0, 0.05) is 6.54 Å². The second-order valence-corrected chi connectivity index (χ2v) is 6.23. The summed E-state index contributed by atoms with van der Waals surface area (Å²) in [4.78, 5) is 24.9. The van der Waals surface area contributed by atoms with E-state index < -0.39 is 11.3 Å². The second kappa shape index (κ2) is 8.11. The minimum atomic E-state index is -1.25. The number of amides is 2. The quantitative estimate of drug-likeness (QED) is 0.796. The van der Waals surface area contributed by atoms with Crippen molar-refractivity contribution < 1.29 is 9.59 Å². The Balaban J connectivity index is 1.95. The predicted molar refractivity (Wildman–Crippen MR) is 96.7 cm³/mol. The molecular formula is C20H21N3O2. The van der Waals surface area contributed by atoms with Gasteiger partial charge in [-0.3, -0.25) is 9.59 Å². The molecule has 0 aliphatic heterocycles. The van der Waals surface area contributed by atoms with E-state index in [-0.39, 0.29) is 5.91 Å². The van der Waals surface area contributed by atoms with Crippen LogP contribution in [0.4, 0.5) is 5.69 Å². The molecular weight excluding hydrogens is 314 g/mol. The molecule has 2 aromatic rings. The fourth-order valence-corrected chi connectivity index (χ4v) is 2.26. The predicted octanol–water partition coefficient (Wildman–Crippen LogP) is 2.88. The highest BCUT2D eigenvalue weighted by atomic mass is 16.2. The zero-order chi connectivity index (χ0) is 18.3. The van der Waals surface area contributed by atoms with Crippen LogP contribution < -0.4 is 10.6 Å². The number of carbonyl (C=O) groups excluding carboxylic acids is 2. The van der Waals surface area contributed by atoms with Gasteiger partial charge in [0.2, 0.25) is 11.8 Å². The topological polar surface area (TPSA) is 82.0 Å².